The van der Waals surface area contributed by atoms with Crippen molar-refractivity contribution in [2.24, 2.45) is 0 Å². The van der Waals surface area contributed by atoms with Gasteiger partial charge in [-0.1, -0.05) is 12.1 Å². The van der Waals surface area contributed by atoms with Crippen molar-refractivity contribution in [2.75, 3.05) is 10.2 Å². The molecular weight excluding hydrogens is 409 g/mol. The molecule has 9 heteroatoms. The maximum Gasteiger partial charge on any atom is 0.416 e. The summed E-state index contributed by atoms with van der Waals surface area (Å²) in [4.78, 5) is 30.7. The Balaban J connectivity index is 1.88. The maximum atomic E-state index is 13.1. The number of aromatic nitrogens is 1. The van der Waals surface area contributed by atoms with Crippen LogP contribution in [-0.4, -0.2) is 22.5 Å². The van der Waals surface area contributed by atoms with Gasteiger partial charge in [0.15, 0.2) is 0 Å². The molecule has 0 radical (unpaired) electrons. The first-order chi connectivity index (χ1) is 14.3. The molecule has 0 fully saturated rings. The Morgan fingerprint density at radius 2 is 1.84 bits per heavy atom. The quantitative estimate of drug-likeness (QED) is 0.709. The van der Waals surface area contributed by atoms with Crippen LogP contribution in [0.15, 0.2) is 36.4 Å². The van der Waals surface area contributed by atoms with Crippen molar-refractivity contribution >= 4 is 23.4 Å². The normalized spacial score (nSPS) is 15.3. The third-order valence-electron chi connectivity index (χ3n) is 4.87. The van der Waals surface area contributed by atoms with Gasteiger partial charge in [0, 0.05) is 18.4 Å². The lowest BCUT2D eigenvalue weighted by molar-refractivity contribution is -0.137. The van der Waals surface area contributed by atoms with Crippen LogP contribution in [0, 0.1) is 0 Å². The number of nitrogens with one attached hydrogen (secondary N) is 2. The van der Waals surface area contributed by atoms with E-state index in [9.17, 15) is 22.8 Å². The van der Waals surface area contributed by atoms with Crippen LogP contribution >= 0.6 is 0 Å². The molecule has 2 N–H and O–H groups in total. The Bertz CT molecular complexity index is 999. The Labute approximate surface area is 178 Å². The number of anilines is 2. The van der Waals surface area contributed by atoms with Gasteiger partial charge in [0.25, 0.3) is 0 Å². The molecule has 0 bridgehead atoms. The van der Waals surface area contributed by atoms with Crippen LogP contribution in [-0.2, 0) is 17.4 Å². The lowest BCUT2D eigenvalue weighted by Crippen LogP contribution is -2.43. The zero-order valence-electron chi connectivity index (χ0n) is 17.8. The maximum absolute atomic E-state index is 13.1. The van der Waals surface area contributed by atoms with Crippen LogP contribution in [0.5, 0.6) is 0 Å². The van der Waals surface area contributed by atoms with E-state index in [2.05, 4.69) is 15.6 Å². The highest BCUT2D eigenvalue weighted by atomic mass is 19.4. The molecule has 2 heterocycles. The second-order valence-corrected chi connectivity index (χ2v) is 8.55. The van der Waals surface area contributed by atoms with Crippen molar-refractivity contribution in [3.05, 3.63) is 53.2 Å². The number of hydrogen-bond acceptors (Lipinski definition) is 3. The molecule has 1 aromatic heterocycles. The van der Waals surface area contributed by atoms with E-state index >= 15 is 0 Å². The van der Waals surface area contributed by atoms with Gasteiger partial charge in [-0.15, -0.1) is 0 Å². The van der Waals surface area contributed by atoms with E-state index in [0.29, 0.717) is 29.2 Å². The molecule has 166 valence electrons. The molecule has 0 unspecified atom stereocenters. The molecule has 1 aromatic carbocycles. The zero-order valence-corrected chi connectivity index (χ0v) is 17.8. The number of carbonyl (C=O) groups is 2. The number of amides is 3. The Morgan fingerprint density at radius 3 is 2.48 bits per heavy atom. The van der Waals surface area contributed by atoms with Gasteiger partial charge in [0.2, 0.25) is 5.91 Å². The summed E-state index contributed by atoms with van der Waals surface area (Å²) in [6, 6.07) is 7.20. The summed E-state index contributed by atoms with van der Waals surface area (Å²) < 4.78 is 39.3. The number of aryl methyl sites for hydroxylation is 1. The van der Waals surface area contributed by atoms with E-state index in [-0.39, 0.29) is 12.3 Å². The van der Waals surface area contributed by atoms with E-state index in [4.69, 9.17) is 0 Å². The van der Waals surface area contributed by atoms with Crippen molar-refractivity contribution in [2.45, 2.75) is 58.3 Å². The molecule has 2 aromatic rings. The van der Waals surface area contributed by atoms with E-state index in [1.165, 1.54) is 11.0 Å². The van der Waals surface area contributed by atoms with Gasteiger partial charge >= 0.3 is 12.2 Å². The van der Waals surface area contributed by atoms with Gasteiger partial charge in [-0.05, 0) is 57.5 Å². The predicted molar refractivity (Wildman–Crippen MR) is 112 cm³/mol. The number of urea groups is 1. The molecule has 1 aliphatic heterocycles. The summed E-state index contributed by atoms with van der Waals surface area (Å²) >= 11 is 0. The van der Waals surface area contributed by atoms with Crippen LogP contribution in [0.2, 0.25) is 0 Å². The molecule has 0 aliphatic carbocycles. The number of pyridine rings is 1. The smallest absolute Gasteiger partial charge is 0.333 e. The Kier molecular flexibility index (Phi) is 5.98. The van der Waals surface area contributed by atoms with Gasteiger partial charge in [-0.3, -0.25) is 10.1 Å². The SMILES string of the molecule is C[C@H](c1cccc(C(F)(F)F)c1)N1C(=O)CCc2nc(NC(=O)NC(C)(C)C)ccc21. The average molecular weight is 434 g/mol. The van der Waals surface area contributed by atoms with Crippen molar-refractivity contribution < 1.29 is 22.8 Å². The molecule has 1 aliphatic rings. The zero-order chi connectivity index (χ0) is 23.0. The van der Waals surface area contributed by atoms with Gasteiger partial charge in [0.05, 0.1) is 23.0 Å². The van der Waals surface area contributed by atoms with E-state index in [1.54, 1.807) is 25.1 Å². The standard InChI is InChI=1S/C22H25F3N4O2/c1-13(14-6-5-7-15(12-14)22(23,24)25)29-17-9-10-18(26-16(17)8-11-19(29)30)27-20(31)28-21(2,3)4/h5-7,9-10,12-13H,8,11H2,1-4H3,(H2,26,27,28,31)/t13-/m1/s1. The van der Waals surface area contributed by atoms with Gasteiger partial charge < -0.3 is 10.2 Å². The third-order valence-corrected chi connectivity index (χ3v) is 4.87. The van der Waals surface area contributed by atoms with Crippen LogP contribution in [0.4, 0.5) is 29.5 Å². The molecule has 3 rings (SSSR count). The van der Waals surface area contributed by atoms with Gasteiger partial charge in [0.1, 0.15) is 5.82 Å². The summed E-state index contributed by atoms with van der Waals surface area (Å²) in [6.07, 6.45) is -3.90. The number of nitrogens with zero attached hydrogens (tertiary/aromatic N) is 2. The molecule has 31 heavy (non-hydrogen) atoms. The van der Waals surface area contributed by atoms with Crippen LogP contribution in [0.3, 0.4) is 0 Å². The Morgan fingerprint density at radius 1 is 1.13 bits per heavy atom. The highest BCUT2D eigenvalue weighted by Gasteiger charge is 2.33. The number of hydrogen-bond donors (Lipinski definition) is 2. The highest BCUT2D eigenvalue weighted by Crippen LogP contribution is 2.37. The van der Waals surface area contributed by atoms with E-state index in [0.717, 1.165) is 12.1 Å². The fourth-order valence-corrected chi connectivity index (χ4v) is 3.48. The fraction of sp³-hybridized carbons (Fsp3) is 0.409. The van der Waals surface area contributed by atoms with Crippen molar-refractivity contribution in [3.8, 4) is 0 Å². The lowest BCUT2D eigenvalue weighted by atomic mass is 9.99. The first-order valence-corrected chi connectivity index (χ1v) is 9.93. The van der Waals surface area contributed by atoms with E-state index in [1.807, 2.05) is 20.8 Å². The number of carbonyl (C=O) groups excluding carboxylic acids is 2. The average Bonchev–Trinajstić information content (AvgIpc) is 2.65. The lowest BCUT2D eigenvalue weighted by Gasteiger charge is -2.34. The largest absolute Gasteiger partial charge is 0.416 e. The molecule has 0 spiro atoms. The second-order valence-electron chi connectivity index (χ2n) is 8.55. The predicted octanol–water partition coefficient (Wildman–Crippen LogP) is 5.06. The monoisotopic (exact) mass is 434 g/mol. The third kappa shape index (κ3) is 5.34. The Hall–Kier alpha value is -3.10. The summed E-state index contributed by atoms with van der Waals surface area (Å²) in [7, 11) is 0. The number of alkyl halides is 3. The van der Waals surface area contributed by atoms with Gasteiger partial charge in [-0.2, -0.15) is 13.2 Å². The highest BCUT2D eigenvalue weighted by molar-refractivity contribution is 5.97. The van der Waals surface area contributed by atoms with Gasteiger partial charge in [-0.25, -0.2) is 9.78 Å². The summed E-state index contributed by atoms with van der Waals surface area (Å²) in [6.45, 7) is 7.24. The van der Waals surface area contributed by atoms with Crippen LogP contribution < -0.4 is 15.5 Å². The van der Waals surface area contributed by atoms with Crippen molar-refractivity contribution in [1.29, 1.82) is 0 Å². The molecule has 6 nitrogen and oxygen atoms in total. The number of benzene rings is 1. The number of halogens is 3. The summed E-state index contributed by atoms with van der Waals surface area (Å²) in [5.41, 5.74) is 0.337. The molecule has 3 amide bonds. The number of fused-ring (bicyclic) bond motifs is 1. The first-order valence-electron chi connectivity index (χ1n) is 9.93. The summed E-state index contributed by atoms with van der Waals surface area (Å²) in [5.74, 6) is 0.145. The van der Waals surface area contributed by atoms with Crippen LogP contribution in [0.25, 0.3) is 0 Å². The second kappa shape index (κ2) is 8.20. The van der Waals surface area contributed by atoms with Crippen molar-refractivity contribution in [1.82, 2.24) is 10.3 Å². The minimum Gasteiger partial charge on any atom is -0.333 e. The topological polar surface area (TPSA) is 74.3 Å². The number of rotatable bonds is 3. The first kappa shape index (κ1) is 22.6. The van der Waals surface area contributed by atoms with E-state index < -0.39 is 29.4 Å². The molecule has 0 saturated carbocycles. The van der Waals surface area contributed by atoms with Crippen LogP contribution in [0.1, 0.15) is 57.0 Å². The van der Waals surface area contributed by atoms with Crippen molar-refractivity contribution in [3.63, 3.8) is 0 Å². The molecule has 1 atom stereocenters. The fourth-order valence-electron chi connectivity index (χ4n) is 3.48. The molecule has 0 saturated heterocycles. The minimum absolute atomic E-state index is 0.181. The minimum atomic E-state index is -4.46. The molecular formula is C22H25F3N4O2. The summed E-state index contributed by atoms with van der Waals surface area (Å²) in [5, 5.41) is 5.44.